The molecule has 1 atom stereocenters. The zero-order valence-corrected chi connectivity index (χ0v) is 10.8. The Kier molecular flexibility index (Phi) is 4.35. The van der Waals surface area contributed by atoms with Gasteiger partial charge in [0.05, 0.1) is 28.0 Å². The Balaban J connectivity index is 3.27. The minimum atomic E-state index is -1.25. The molecular weight excluding hydrogens is 236 g/mol. The minimum Gasteiger partial charge on any atom is -0.367 e. The fourth-order valence-electron chi connectivity index (χ4n) is 1.17. The Morgan fingerprint density at radius 1 is 1.65 bits per heavy atom. The van der Waals surface area contributed by atoms with Crippen molar-refractivity contribution in [2.24, 2.45) is 0 Å². The third-order valence-corrected chi connectivity index (χ3v) is 2.62. The highest BCUT2D eigenvalue weighted by atomic mass is 32.2. The highest BCUT2D eigenvalue weighted by Crippen LogP contribution is 2.20. The summed E-state index contributed by atoms with van der Waals surface area (Å²) in [5, 5.41) is 12.2. The first kappa shape index (κ1) is 13.3. The van der Waals surface area contributed by atoms with Crippen LogP contribution in [0, 0.1) is 11.3 Å². The van der Waals surface area contributed by atoms with Gasteiger partial charge in [0.15, 0.2) is 0 Å². The average molecular weight is 250 g/mol. The van der Waals surface area contributed by atoms with Gasteiger partial charge in [-0.1, -0.05) is 6.58 Å². The first-order chi connectivity index (χ1) is 7.95. The normalized spacial score (nSPS) is 11.9. The molecular formula is C11H14N4OS. The maximum atomic E-state index is 11.3. The van der Waals surface area contributed by atoms with Crippen LogP contribution in [0.15, 0.2) is 17.9 Å². The number of hydrogen-bond donors (Lipinski definition) is 1. The Morgan fingerprint density at radius 2 is 2.29 bits per heavy atom. The van der Waals surface area contributed by atoms with Gasteiger partial charge in [-0.25, -0.2) is 9.97 Å². The fraction of sp³-hybridized carbons (Fsp3) is 0.364. The molecule has 1 heterocycles. The lowest BCUT2D eigenvalue weighted by Crippen LogP contribution is -2.14. The molecule has 0 spiro atoms. The predicted octanol–water partition coefficient (Wildman–Crippen LogP) is 1.57. The van der Waals surface area contributed by atoms with E-state index in [1.54, 1.807) is 0 Å². The van der Waals surface area contributed by atoms with Gasteiger partial charge < -0.3 is 5.32 Å². The second-order valence-corrected chi connectivity index (χ2v) is 5.03. The van der Waals surface area contributed by atoms with E-state index in [0.717, 1.165) is 0 Å². The van der Waals surface area contributed by atoms with Crippen molar-refractivity contribution in [3.8, 4) is 6.07 Å². The zero-order chi connectivity index (χ0) is 13.0. The maximum Gasteiger partial charge on any atom is 0.220 e. The van der Waals surface area contributed by atoms with Gasteiger partial charge in [0, 0.05) is 18.5 Å². The largest absolute Gasteiger partial charge is 0.367 e. The molecule has 0 saturated carbocycles. The molecule has 0 aliphatic heterocycles. The van der Waals surface area contributed by atoms with Crippen LogP contribution in [0.25, 0.3) is 5.57 Å². The summed E-state index contributed by atoms with van der Waals surface area (Å²) in [5.41, 5.74) is 0.817. The molecule has 17 heavy (non-hydrogen) atoms. The molecule has 0 radical (unpaired) electrons. The molecule has 6 heteroatoms. The number of anilines is 1. The van der Waals surface area contributed by atoms with Gasteiger partial charge in [-0.15, -0.1) is 0 Å². The molecule has 1 rings (SSSR count). The topological polar surface area (TPSA) is 78.7 Å². The Morgan fingerprint density at radius 3 is 2.76 bits per heavy atom. The van der Waals surface area contributed by atoms with E-state index in [4.69, 9.17) is 5.26 Å². The minimum absolute atomic E-state index is 0.147. The first-order valence-electron chi connectivity index (χ1n) is 5.02. The summed E-state index contributed by atoms with van der Waals surface area (Å²) < 4.78 is 11.3. The number of nitrogens with zero attached hydrogens (tertiary/aromatic N) is 3. The summed E-state index contributed by atoms with van der Waals surface area (Å²) in [5.74, 6) is 0.492. The predicted molar refractivity (Wildman–Crippen MR) is 67.8 cm³/mol. The van der Waals surface area contributed by atoms with E-state index in [2.05, 4.69) is 21.9 Å². The van der Waals surface area contributed by atoms with E-state index in [1.165, 1.54) is 12.5 Å². The third kappa shape index (κ3) is 3.36. The second-order valence-electron chi connectivity index (χ2n) is 3.76. The van der Waals surface area contributed by atoms with E-state index in [1.807, 2.05) is 19.9 Å². The third-order valence-electron chi connectivity index (χ3n) is 1.91. The van der Waals surface area contributed by atoms with E-state index in [0.29, 0.717) is 11.4 Å². The smallest absolute Gasteiger partial charge is 0.220 e. The van der Waals surface area contributed by atoms with E-state index in [9.17, 15) is 4.21 Å². The second kappa shape index (κ2) is 5.55. The highest BCUT2D eigenvalue weighted by molar-refractivity contribution is 7.84. The van der Waals surface area contributed by atoms with Crippen LogP contribution in [0.2, 0.25) is 0 Å². The summed E-state index contributed by atoms with van der Waals surface area (Å²) in [4.78, 5) is 8.10. The number of allylic oxidation sites excluding steroid dienone is 1. The average Bonchev–Trinajstić information content (AvgIpc) is 2.27. The van der Waals surface area contributed by atoms with Crippen molar-refractivity contribution in [3.63, 3.8) is 0 Å². The van der Waals surface area contributed by atoms with Gasteiger partial charge >= 0.3 is 0 Å². The van der Waals surface area contributed by atoms with Crippen molar-refractivity contribution < 1.29 is 4.21 Å². The molecule has 0 aromatic carbocycles. The summed E-state index contributed by atoms with van der Waals surface area (Å²) in [6.45, 7) is 7.52. The van der Waals surface area contributed by atoms with Gasteiger partial charge in [-0.2, -0.15) is 5.26 Å². The molecule has 0 fully saturated rings. The standard InChI is InChI=1S/C11H14N4OS/c1-7(2)14-10-9(8(3)5-12)6-13-11(15-10)17(4)16/h6-7H,3H2,1-2,4H3,(H,13,14,15). The van der Waals surface area contributed by atoms with Gasteiger partial charge in [-0.3, -0.25) is 4.21 Å². The van der Waals surface area contributed by atoms with Crippen LogP contribution in [-0.4, -0.2) is 26.5 Å². The molecule has 0 amide bonds. The summed E-state index contributed by atoms with van der Waals surface area (Å²) in [6.07, 6.45) is 2.98. The number of hydrogen-bond acceptors (Lipinski definition) is 5. The van der Waals surface area contributed by atoms with Crippen LogP contribution in [0.3, 0.4) is 0 Å². The molecule has 5 nitrogen and oxygen atoms in total. The van der Waals surface area contributed by atoms with Crippen LogP contribution >= 0.6 is 0 Å². The van der Waals surface area contributed by atoms with E-state index in [-0.39, 0.29) is 16.8 Å². The number of nitriles is 1. The van der Waals surface area contributed by atoms with Gasteiger partial charge in [0.1, 0.15) is 5.82 Å². The summed E-state index contributed by atoms with van der Waals surface area (Å²) >= 11 is 0. The quantitative estimate of drug-likeness (QED) is 0.648. The molecule has 90 valence electrons. The molecule has 1 aromatic rings. The van der Waals surface area contributed by atoms with Crippen molar-refractivity contribution in [2.45, 2.75) is 25.0 Å². The Hall–Kier alpha value is -1.74. The molecule has 1 unspecified atom stereocenters. The van der Waals surface area contributed by atoms with Crippen LogP contribution in [0.1, 0.15) is 19.4 Å². The lowest BCUT2D eigenvalue weighted by Gasteiger charge is -2.13. The molecule has 0 bridgehead atoms. The number of nitrogens with one attached hydrogen (secondary N) is 1. The fourth-order valence-corrected chi connectivity index (χ4v) is 1.59. The molecule has 0 aliphatic rings. The molecule has 0 aliphatic carbocycles. The lowest BCUT2D eigenvalue weighted by atomic mass is 10.1. The molecule has 1 aromatic heterocycles. The van der Waals surface area contributed by atoms with Crippen molar-refractivity contribution in [2.75, 3.05) is 11.6 Å². The molecule has 0 saturated heterocycles. The summed E-state index contributed by atoms with van der Waals surface area (Å²) in [7, 11) is -1.25. The first-order valence-corrected chi connectivity index (χ1v) is 6.58. The monoisotopic (exact) mass is 250 g/mol. The number of aromatic nitrogens is 2. The highest BCUT2D eigenvalue weighted by Gasteiger charge is 2.12. The lowest BCUT2D eigenvalue weighted by molar-refractivity contribution is 0.679. The Labute approximate surface area is 103 Å². The van der Waals surface area contributed by atoms with Crippen molar-refractivity contribution in [1.29, 1.82) is 5.26 Å². The van der Waals surface area contributed by atoms with Crippen molar-refractivity contribution in [1.82, 2.24) is 9.97 Å². The van der Waals surface area contributed by atoms with Crippen LogP contribution in [0.4, 0.5) is 5.82 Å². The maximum absolute atomic E-state index is 11.3. The zero-order valence-electron chi connectivity index (χ0n) is 10.0. The van der Waals surface area contributed by atoms with Gasteiger partial charge in [0.2, 0.25) is 5.16 Å². The van der Waals surface area contributed by atoms with E-state index >= 15 is 0 Å². The van der Waals surface area contributed by atoms with Gasteiger partial charge in [0.25, 0.3) is 0 Å². The molecule has 1 N–H and O–H groups in total. The van der Waals surface area contributed by atoms with Crippen LogP contribution < -0.4 is 5.32 Å². The number of rotatable bonds is 4. The van der Waals surface area contributed by atoms with Crippen molar-refractivity contribution >= 4 is 22.2 Å². The van der Waals surface area contributed by atoms with Gasteiger partial charge in [-0.05, 0) is 13.8 Å². The van der Waals surface area contributed by atoms with Crippen LogP contribution in [0.5, 0.6) is 0 Å². The van der Waals surface area contributed by atoms with E-state index < -0.39 is 10.8 Å². The van der Waals surface area contributed by atoms with Crippen LogP contribution in [-0.2, 0) is 10.8 Å². The summed E-state index contributed by atoms with van der Waals surface area (Å²) in [6, 6.07) is 2.10. The Bertz CT molecular complexity index is 505. The van der Waals surface area contributed by atoms with Crippen molar-refractivity contribution in [3.05, 3.63) is 18.3 Å². The SMILES string of the molecule is C=C(C#N)c1cnc(S(C)=O)nc1NC(C)C.